The molecule has 0 radical (unpaired) electrons. The second kappa shape index (κ2) is 9.35. The van der Waals surface area contributed by atoms with Gasteiger partial charge in [-0.2, -0.15) is 4.31 Å². The molecule has 1 atom stereocenters. The molecule has 1 saturated carbocycles. The Balaban J connectivity index is 1.31. The Morgan fingerprint density at radius 1 is 1.19 bits per heavy atom. The Morgan fingerprint density at radius 3 is 2.66 bits per heavy atom. The molecule has 2 fully saturated rings. The summed E-state index contributed by atoms with van der Waals surface area (Å²) in [7, 11) is -3.48. The number of rotatable bonds is 10. The topological polar surface area (TPSA) is 96.0 Å². The number of unbranched alkanes of at least 4 members (excludes halogenated alkanes) is 2. The molecule has 0 bridgehead atoms. The van der Waals surface area contributed by atoms with Crippen LogP contribution in [0.5, 0.6) is 5.75 Å². The summed E-state index contributed by atoms with van der Waals surface area (Å²) in [4.78, 5) is 24.2. The van der Waals surface area contributed by atoms with E-state index in [-0.39, 0.29) is 41.8 Å². The average Bonchev–Trinajstić information content (AvgIpc) is 3.50. The van der Waals surface area contributed by atoms with Crippen LogP contribution in [0.3, 0.4) is 0 Å². The number of halogens is 1. The first kappa shape index (κ1) is 23.0. The number of fused-ring (bicyclic) bond motifs is 1. The summed E-state index contributed by atoms with van der Waals surface area (Å²) < 4.78 is 47.5. The number of hydrogen-bond acceptors (Lipinski definition) is 5. The number of ether oxygens (including phenoxy) is 1. The van der Waals surface area contributed by atoms with E-state index in [9.17, 15) is 22.4 Å². The molecule has 32 heavy (non-hydrogen) atoms. The van der Waals surface area contributed by atoms with Crippen molar-refractivity contribution in [3.05, 3.63) is 29.1 Å². The van der Waals surface area contributed by atoms with E-state index in [0.717, 1.165) is 24.0 Å². The number of hydrogen-bond donors (Lipinski definition) is 1. The molecule has 0 aromatic heterocycles. The minimum absolute atomic E-state index is 0.0179. The highest BCUT2D eigenvalue weighted by Gasteiger charge is 2.34. The lowest BCUT2D eigenvalue weighted by molar-refractivity contribution is -0.118. The molecule has 0 spiro atoms. The second-order valence-electron chi connectivity index (χ2n) is 8.92. The normalized spacial score (nSPS) is 21.6. The monoisotopic (exact) mass is 467 g/mol. The van der Waals surface area contributed by atoms with Gasteiger partial charge in [-0.1, -0.05) is 6.42 Å². The molecule has 2 aliphatic heterocycles. The summed E-state index contributed by atoms with van der Waals surface area (Å²) in [6.07, 6.45) is 4.43. The number of carbonyl (C=O) groups is 2. The molecule has 3 aliphatic rings. The fourth-order valence-corrected chi connectivity index (χ4v) is 6.09. The highest BCUT2D eigenvalue weighted by Crippen LogP contribution is 2.37. The summed E-state index contributed by atoms with van der Waals surface area (Å²) in [6, 6.07) is 2.38. The molecule has 3 amide bonds. The molecule has 1 aromatic carbocycles. The van der Waals surface area contributed by atoms with Crippen molar-refractivity contribution in [2.24, 2.45) is 5.92 Å². The van der Waals surface area contributed by atoms with Crippen LogP contribution in [0.4, 0.5) is 9.18 Å². The number of nitrogens with one attached hydrogen (secondary N) is 1. The van der Waals surface area contributed by atoms with Gasteiger partial charge in [0.05, 0.1) is 12.4 Å². The van der Waals surface area contributed by atoms with E-state index < -0.39 is 10.0 Å². The van der Waals surface area contributed by atoms with E-state index in [1.165, 1.54) is 15.3 Å². The Morgan fingerprint density at radius 2 is 1.97 bits per heavy atom. The van der Waals surface area contributed by atoms with Gasteiger partial charge in [-0.3, -0.25) is 10.1 Å². The lowest BCUT2D eigenvalue weighted by Gasteiger charge is -2.34. The first-order chi connectivity index (χ1) is 15.2. The Kier molecular flexibility index (Phi) is 6.71. The van der Waals surface area contributed by atoms with E-state index in [1.807, 2.05) is 6.92 Å². The van der Waals surface area contributed by atoms with Crippen molar-refractivity contribution in [3.8, 4) is 5.75 Å². The van der Waals surface area contributed by atoms with Crippen LogP contribution in [-0.2, 0) is 21.2 Å². The van der Waals surface area contributed by atoms with Gasteiger partial charge in [0.2, 0.25) is 15.9 Å². The van der Waals surface area contributed by atoms with Crippen molar-refractivity contribution in [1.29, 1.82) is 0 Å². The largest absolute Gasteiger partial charge is 0.490 e. The van der Waals surface area contributed by atoms with Crippen LogP contribution in [0, 0.1) is 11.7 Å². The molecule has 10 heteroatoms. The van der Waals surface area contributed by atoms with Gasteiger partial charge in [-0.15, -0.1) is 0 Å². The summed E-state index contributed by atoms with van der Waals surface area (Å²) >= 11 is 0. The van der Waals surface area contributed by atoms with Gasteiger partial charge in [0.15, 0.2) is 11.6 Å². The molecular weight excluding hydrogens is 437 g/mol. The Labute approximate surface area is 188 Å². The van der Waals surface area contributed by atoms with Gasteiger partial charge < -0.3 is 9.64 Å². The Hall–Kier alpha value is -2.20. The molecule has 4 rings (SSSR count). The summed E-state index contributed by atoms with van der Waals surface area (Å²) in [5.41, 5.74) is 1.63. The molecule has 1 aliphatic carbocycles. The van der Waals surface area contributed by atoms with Gasteiger partial charge in [0, 0.05) is 19.1 Å². The summed E-state index contributed by atoms with van der Waals surface area (Å²) in [5.74, 6) is 0.0230. The molecular formula is C22H30FN3O5S. The number of benzene rings is 1. The number of urea groups is 1. The smallest absolute Gasteiger partial charge is 0.324 e. The first-order valence-electron chi connectivity index (χ1n) is 11.3. The van der Waals surface area contributed by atoms with Gasteiger partial charge in [-0.25, -0.2) is 17.6 Å². The number of sulfonamides is 1. The molecule has 0 unspecified atom stereocenters. The lowest BCUT2D eigenvalue weighted by atomic mass is 9.95. The molecule has 1 aromatic rings. The molecule has 2 heterocycles. The molecule has 176 valence electrons. The van der Waals surface area contributed by atoms with Crippen LogP contribution in [0.15, 0.2) is 12.1 Å². The van der Waals surface area contributed by atoms with Crippen molar-refractivity contribution < 1.29 is 27.1 Å². The quantitative estimate of drug-likeness (QED) is 0.422. The lowest BCUT2D eigenvalue weighted by Crippen LogP contribution is -2.40. The van der Waals surface area contributed by atoms with E-state index in [4.69, 9.17) is 4.74 Å². The van der Waals surface area contributed by atoms with Crippen LogP contribution < -0.4 is 10.1 Å². The van der Waals surface area contributed by atoms with Crippen LogP contribution in [0.25, 0.3) is 0 Å². The molecule has 8 nitrogen and oxygen atoms in total. The average molecular weight is 468 g/mol. The zero-order chi connectivity index (χ0) is 22.9. The van der Waals surface area contributed by atoms with Crippen LogP contribution in [0.1, 0.15) is 56.2 Å². The maximum absolute atomic E-state index is 14.4. The maximum Gasteiger partial charge on any atom is 0.324 e. The van der Waals surface area contributed by atoms with Crippen LogP contribution >= 0.6 is 0 Å². The minimum atomic E-state index is -3.48. The van der Waals surface area contributed by atoms with Crippen LogP contribution in [0.2, 0.25) is 0 Å². The van der Waals surface area contributed by atoms with Crippen molar-refractivity contribution in [2.75, 3.05) is 32.0 Å². The minimum Gasteiger partial charge on any atom is -0.490 e. The zero-order valence-electron chi connectivity index (χ0n) is 18.3. The fourth-order valence-electron chi connectivity index (χ4n) is 4.32. The third-order valence-electron chi connectivity index (χ3n) is 6.40. The number of carbonyl (C=O) groups excluding carboxylic acids is 2. The summed E-state index contributed by atoms with van der Waals surface area (Å²) in [6.45, 7) is 3.16. The molecule has 1 saturated heterocycles. The van der Waals surface area contributed by atoms with Gasteiger partial charge >= 0.3 is 6.03 Å². The van der Waals surface area contributed by atoms with Gasteiger partial charge in [0.25, 0.3) is 0 Å². The van der Waals surface area contributed by atoms with E-state index in [2.05, 4.69) is 5.32 Å². The second-order valence-corrected chi connectivity index (χ2v) is 11.0. The van der Waals surface area contributed by atoms with Crippen molar-refractivity contribution >= 4 is 22.0 Å². The Bertz CT molecular complexity index is 996. The predicted molar refractivity (Wildman–Crippen MR) is 116 cm³/mol. The van der Waals surface area contributed by atoms with Gasteiger partial charge in [-0.05, 0) is 68.2 Å². The highest BCUT2D eigenvalue weighted by molar-refractivity contribution is 7.89. The van der Waals surface area contributed by atoms with Gasteiger partial charge in [0.1, 0.15) is 6.54 Å². The van der Waals surface area contributed by atoms with E-state index in [0.29, 0.717) is 51.3 Å². The maximum atomic E-state index is 14.4. The number of nitrogens with zero attached hydrogens (tertiary/aromatic N) is 2. The third-order valence-corrected chi connectivity index (χ3v) is 8.42. The predicted octanol–water partition coefficient (Wildman–Crippen LogP) is 2.59. The highest BCUT2D eigenvalue weighted by atomic mass is 32.2. The summed E-state index contributed by atoms with van der Waals surface area (Å²) in [5, 5.41) is 2.22. The number of amides is 3. The molecule has 1 N–H and O–H groups in total. The third kappa shape index (κ3) is 5.23. The van der Waals surface area contributed by atoms with Crippen molar-refractivity contribution in [3.63, 3.8) is 0 Å². The van der Waals surface area contributed by atoms with Crippen molar-refractivity contribution in [1.82, 2.24) is 14.5 Å². The van der Waals surface area contributed by atoms with Crippen LogP contribution in [-0.4, -0.2) is 61.6 Å². The number of imide groups is 1. The first-order valence-corrected chi connectivity index (χ1v) is 12.9. The van der Waals surface area contributed by atoms with E-state index in [1.54, 1.807) is 6.07 Å². The van der Waals surface area contributed by atoms with E-state index >= 15 is 0 Å². The SMILES string of the molecule is C[C@@H]1c2cc(OCC3CC3)c(F)cc2CCN1S(=O)(=O)CCCCCN1CC(=O)NC1=O. The standard InChI is InChI=1S/C22H30FN3O5S/c1-15-18-12-20(31-14-16-5-6-16)19(23)11-17(18)7-9-26(15)32(29,30)10-4-2-3-8-25-13-21(27)24-22(25)28/h11-12,15-16H,2-10,13-14H2,1H3,(H,24,27,28)/t15-/m1/s1. The fraction of sp³-hybridized carbons (Fsp3) is 0.636. The zero-order valence-corrected chi connectivity index (χ0v) is 19.1. The van der Waals surface area contributed by atoms with Crippen molar-refractivity contribution in [2.45, 2.75) is 51.5 Å².